The summed E-state index contributed by atoms with van der Waals surface area (Å²) in [4.78, 5) is 15.6. The third-order valence-corrected chi connectivity index (χ3v) is 11.3. The van der Waals surface area contributed by atoms with Gasteiger partial charge in [-0.3, -0.25) is 15.0 Å². The molecule has 2 aliphatic rings. The Hall–Kier alpha value is -4.95. The van der Waals surface area contributed by atoms with Crippen LogP contribution < -0.4 is 9.62 Å². The average Bonchev–Trinajstić information content (AvgIpc) is 3.21. The molecule has 7 rings (SSSR count). The van der Waals surface area contributed by atoms with Gasteiger partial charge in [-0.05, 0) is 58.1 Å². The van der Waals surface area contributed by atoms with Crippen molar-refractivity contribution in [2.45, 2.75) is 43.0 Å². The molecule has 0 aromatic heterocycles. The third kappa shape index (κ3) is 8.99. The van der Waals surface area contributed by atoms with Gasteiger partial charge in [0, 0.05) is 69.1 Å². The summed E-state index contributed by atoms with van der Waals surface area (Å²) in [5.41, 5.74) is 6.62. The summed E-state index contributed by atoms with van der Waals surface area (Å²) in [6.07, 6.45) is -0.219. The van der Waals surface area contributed by atoms with Crippen molar-refractivity contribution in [3.63, 3.8) is 0 Å². The van der Waals surface area contributed by atoms with Gasteiger partial charge in [-0.25, -0.2) is 13.1 Å². The molecular formula is C41H42N4O7S. The maximum atomic E-state index is 12.8. The lowest BCUT2D eigenvalue weighted by Crippen LogP contribution is -2.49. The summed E-state index contributed by atoms with van der Waals surface area (Å²) >= 11 is 0. The molecule has 2 fully saturated rings. The zero-order valence-corrected chi connectivity index (χ0v) is 30.0. The lowest BCUT2D eigenvalue weighted by molar-refractivity contribution is -0.384. The number of benzene rings is 5. The van der Waals surface area contributed by atoms with Crippen LogP contribution in [0.3, 0.4) is 0 Å². The molecule has 0 aliphatic carbocycles. The van der Waals surface area contributed by atoms with Gasteiger partial charge in [0.1, 0.15) is 0 Å². The topological polar surface area (TPSA) is 134 Å². The number of anilines is 1. The maximum Gasteiger partial charge on any atom is 0.269 e. The SMILES string of the molecule is O=[N+]([O-])c1ccc(N2CCN(CC3CC(c4ccc(CO)cc4)OC(c4ccc(-c5cccc(CNS(=O)(=O)c6ccccc6)c5)cc4)O3)CC2)cc1. The summed E-state index contributed by atoms with van der Waals surface area (Å²) in [5.74, 6) is 0. The quantitative estimate of drug-likeness (QED) is 0.107. The molecular weight excluding hydrogens is 693 g/mol. The molecule has 0 radical (unpaired) electrons. The highest BCUT2D eigenvalue weighted by atomic mass is 32.2. The number of piperazine rings is 1. The van der Waals surface area contributed by atoms with Gasteiger partial charge in [-0.2, -0.15) is 0 Å². The summed E-state index contributed by atoms with van der Waals surface area (Å²) in [7, 11) is -3.63. The Balaban J connectivity index is 1.02. The van der Waals surface area contributed by atoms with Crippen LogP contribution in [-0.4, -0.2) is 62.2 Å². The summed E-state index contributed by atoms with van der Waals surface area (Å²) < 4.78 is 41.4. The molecule has 5 aromatic carbocycles. The van der Waals surface area contributed by atoms with Crippen molar-refractivity contribution >= 4 is 21.4 Å². The fourth-order valence-electron chi connectivity index (χ4n) is 6.85. The van der Waals surface area contributed by atoms with Gasteiger partial charge in [-0.1, -0.05) is 84.9 Å². The minimum atomic E-state index is -3.63. The number of aliphatic hydroxyl groups excluding tert-OH is 1. The van der Waals surface area contributed by atoms with Crippen molar-refractivity contribution in [2.75, 3.05) is 37.6 Å². The molecule has 12 heteroatoms. The highest BCUT2D eigenvalue weighted by molar-refractivity contribution is 7.89. The first kappa shape index (κ1) is 36.4. The van der Waals surface area contributed by atoms with Crippen molar-refractivity contribution < 1.29 is 27.9 Å². The smallest absolute Gasteiger partial charge is 0.269 e. The Bertz CT molecular complexity index is 2090. The highest BCUT2D eigenvalue weighted by Crippen LogP contribution is 2.39. The van der Waals surface area contributed by atoms with E-state index in [1.807, 2.05) is 84.9 Å². The number of sulfonamides is 1. The molecule has 274 valence electrons. The Kier molecular flexibility index (Phi) is 11.3. The number of nitro benzene ring substituents is 1. The molecule has 2 N–H and O–H groups in total. The van der Waals surface area contributed by atoms with E-state index in [4.69, 9.17) is 9.47 Å². The first-order valence-corrected chi connectivity index (χ1v) is 19.2. The van der Waals surface area contributed by atoms with Gasteiger partial charge < -0.3 is 19.5 Å². The number of aliphatic hydroxyl groups is 1. The van der Waals surface area contributed by atoms with Crippen molar-refractivity contribution in [2.24, 2.45) is 0 Å². The van der Waals surface area contributed by atoms with Crippen molar-refractivity contribution in [1.82, 2.24) is 9.62 Å². The molecule has 53 heavy (non-hydrogen) atoms. The first-order chi connectivity index (χ1) is 25.7. The van der Waals surface area contributed by atoms with Crippen LogP contribution in [0.15, 0.2) is 132 Å². The van der Waals surface area contributed by atoms with Crippen LogP contribution in [0.1, 0.15) is 41.1 Å². The standard InChI is InChI=1S/C41H42N4O7S/c46-29-30-9-11-33(12-10-30)40-26-38(28-43-21-23-44(24-22-43)36-17-19-37(20-18-36)45(47)48)51-41(52-40)34-15-13-32(14-16-34)35-6-4-5-31(25-35)27-42-53(49,50)39-7-2-1-3-8-39/h1-20,25,38,40-42,46H,21-24,26-29H2. The van der Waals surface area contributed by atoms with Crippen molar-refractivity contribution in [3.8, 4) is 11.1 Å². The van der Waals surface area contributed by atoms with Crippen molar-refractivity contribution in [1.29, 1.82) is 0 Å². The fourth-order valence-corrected chi connectivity index (χ4v) is 7.89. The fraction of sp³-hybridized carbons (Fsp3) is 0.268. The number of non-ortho nitro benzene ring substituents is 1. The monoisotopic (exact) mass is 734 g/mol. The van der Waals surface area contributed by atoms with E-state index in [9.17, 15) is 23.6 Å². The molecule has 0 amide bonds. The number of hydrogen-bond acceptors (Lipinski definition) is 9. The average molecular weight is 735 g/mol. The van der Waals surface area contributed by atoms with Crippen LogP contribution in [0.5, 0.6) is 0 Å². The van der Waals surface area contributed by atoms with E-state index in [2.05, 4.69) is 14.5 Å². The number of nitrogens with zero attached hydrogens (tertiary/aromatic N) is 3. The van der Waals surface area contributed by atoms with Gasteiger partial charge in [0.05, 0.1) is 28.6 Å². The van der Waals surface area contributed by atoms with Gasteiger partial charge in [0.15, 0.2) is 6.29 Å². The van der Waals surface area contributed by atoms with Gasteiger partial charge in [-0.15, -0.1) is 0 Å². The second-order valence-electron chi connectivity index (χ2n) is 13.4. The van der Waals surface area contributed by atoms with E-state index in [-0.39, 0.29) is 40.9 Å². The molecule has 11 nitrogen and oxygen atoms in total. The summed E-state index contributed by atoms with van der Waals surface area (Å²) in [6, 6.07) is 38.8. The van der Waals surface area contributed by atoms with Crippen LogP contribution in [0.4, 0.5) is 11.4 Å². The molecule has 3 atom stereocenters. The van der Waals surface area contributed by atoms with E-state index in [0.717, 1.165) is 71.8 Å². The minimum absolute atomic E-state index is 0.0232. The predicted molar refractivity (Wildman–Crippen MR) is 203 cm³/mol. The second-order valence-corrected chi connectivity index (χ2v) is 15.1. The molecule has 2 heterocycles. The van der Waals surface area contributed by atoms with Crippen LogP contribution in [0.25, 0.3) is 11.1 Å². The summed E-state index contributed by atoms with van der Waals surface area (Å²) in [5, 5.41) is 20.7. The van der Waals surface area contributed by atoms with Crippen LogP contribution in [-0.2, 0) is 32.6 Å². The number of ether oxygens (including phenoxy) is 2. The lowest BCUT2D eigenvalue weighted by Gasteiger charge is -2.41. The maximum absolute atomic E-state index is 12.8. The highest BCUT2D eigenvalue weighted by Gasteiger charge is 2.34. The molecule has 0 spiro atoms. The number of nitrogens with one attached hydrogen (secondary N) is 1. The van der Waals surface area contributed by atoms with Crippen LogP contribution in [0, 0.1) is 10.1 Å². The number of hydrogen-bond donors (Lipinski definition) is 2. The number of rotatable bonds is 12. The van der Waals surface area contributed by atoms with Gasteiger partial charge in [0.25, 0.3) is 5.69 Å². The van der Waals surface area contributed by atoms with Crippen molar-refractivity contribution in [3.05, 3.63) is 160 Å². The molecule has 0 saturated carbocycles. The van der Waals surface area contributed by atoms with Gasteiger partial charge >= 0.3 is 0 Å². The molecule has 2 aliphatic heterocycles. The first-order valence-electron chi connectivity index (χ1n) is 17.7. The molecule has 5 aromatic rings. The predicted octanol–water partition coefficient (Wildman–Crippen LogP) is 6.60. The van der Waals surface area contributed by atoms with Gasteiger partial charge in [0.2, 0.25) is 10.0 Å². The van der Waals surface area contributed by atoms with E-state index in [1.54, 1.807) is 42.5 Å². The molecule has 0 bridgehead atoms. The Morgan fingerprint density at radius 2 is 1.45 bits per heavy atom. The van der Waals surface area contributed by atoms with E-state index in [0.29, 0.717) is 6.42 Å². The Morgan fingerprint density at radius 3 is 2.13 bits per heavy atom. The zero-order chi connectivity index (χ0) is 36.8. The second kappa shape index (κ2) is 16.4. The zero-order valence-electron chi connectivity index (χ0n) is 29.2. The van der Waals surface area contributed by atoms with E-state index < -0.39 is 16.3 Å². The van der Waals surface area contributed by atoms with Crippen LogP contribution >= 0.6 is 0 Å². The third-order valence-electron chi connectivity index (χ3n) is 9.84. The number of nitro groups is 1. The largest absolute Gasteiger partial charge is 0.392 e. The van der Waals surface area contributed by atoms with E-state index in [1.165, 1.54) is 0 Å². The lowest BCUT2D eigenvalue weighted by atomic mass is 9.99. The minimum Gasteiger partial charge on any atom is -0.392 e. The normalized spacial score (nSPS) is 19.6. The Morgan fingerprint density at radius 1 is 0.755 bits per heavy atom. The van der Waals surface area contributed by atoms with Crippen LogP contribution in [0.2, 0.25) is 0 Å². The molecule has 2 saturated heterocycles. The van der Waals surface area contributed by atoms with E-state index >= 15 is 0 Å². The summed E-state index contributed by atoms with van der Waals surface area (Å²) in [6.45, 7) is 4.15. The molecule has 3 unspecified atom stereocenters. The Labute approximate surface area is 309 Å².